The van der Waals surface area contributed by atoms with Gasteiger partial charge in [-0.1, -0.05) is 18.2 Å². The summed E-state index contributed by atoms with van der Waals surface area (Å²) in [6.07, 6.45) is -4.96. The molecule has 4 nitrogen and oxygen atoms in total. The van der Waals surface area contributed by atoms with Crippen molar-refractivity contribution in [2.75, 3.05) is 5.32 Å². The number of carbonyl (C=O) groups excluding carboxylic acids is 2. The van der Waals surface area contributed by atoms with E-state index in [2.05, 4.69) is 0 Å². The van der Waals surface area contributed by atoms with E-state index >= 15 is 0 Å². The Morgan fingerprint density at radius 2 is 1.50 bits per heavy atom. The van der Waals surface area contributed by atoms with Crippen LogP contribution < -0.4 is 10.1 Å². The van der Waals surface area contributed by atoms with Crippen molar-refractivity contribution in [1.82, 2.24) is 0 Å². The molecule has 0 radical (unpaired) electrons. The first-order valence-corrected chi connectivity index (χ1v) is 6.12. The van der Waals surface area contributed by atoms with Gasteiger partial charge in [0, 0.05) is 5.69 Å². The minimum Gasteiger partial charge on any atom is -0.423 e. The van der Waals surface area contributed by atoms with E-state index < -0.39 is 18.1 Å². The number of nitrogens with one attached hydrogen (secondary N) is 1. The Balaban J connectivity index is 2.01. The number of ether oxygens (including phenoxy) is 1. The van der Waals surface area contributed by atoms with Crippen LogP contribution in [0.25, 0.3) is 0 Å². The van der Waals surface area contributed by atoms with E-state index in [0.29, 0.717) is 5.56 Å². The summed E-state index contributed by atoms with van der Waals surface area (Å²) >= 11 is 0. The molecule has 22 heavy (non-hydrogen) atoms. The van der Waals surface area contributed by atoms with Gasteiger partial charge in [-0.25, -0.2) is 4.79 Å². The number of esters is 1. The summed E-state index contributed by atoms with van der Waals surface area (Å²) < 4.78 is 41.3. The first kappa shape index (κ1) is 15.6. The topological polar surface area (TPSA) is 55.4 Å². The molecule has 0 aliphatic rings. The first-order chi connectivity index (χ1) is 10.4. The van der Waals surface area contributed by atoms with Crippen molar-refractivity contribution in [3.8, 4) is 5.75 Å². The van der Waals surface area contributed by atoms with Gasteiger partial charge < -0.3 is 10.1 Å². The van der Waals surface area contributed by atoms with Crippen LogP contribution in [-0.2, 0) is 4.79 Å². The average Bonchev–Trinajstić information content (AvgIpc) is 2.49. The Bertz CT molecular complexity index is 667. The second-order valence-corrected chi connectivity index (χ2v) is 4.23. The van der Waals surface area contributed by atoms with E-state index in [9.17, 15) is 22.8 Å². The first-order valence-electron chi connectivity index (χ1n) is 6.12. The molecule has 0 atom stereocenters. The number of alkyl halides is 3. The number of rotatable bonds is 3. The predicted octanol–water partition coefficient (Wildman–Crippen LogP) is 3.41. The van der Waals surface area contributed by atoms with E-state index in [1.54, 1.807) is 35.6 Å². The van der Waals surface area contributed by atoms with Gasteiger partial charge >= 0.3 is 18.1 Å². The molecule has 0 spiro atoms. The summed E-state index contributed by atoms with van der Waals surface area (Å²) in [6.45, 7) is 0. The Hall–Kier alpha value is -2.83. The molecular weight excluding hydrogens is 299 g/mol. The Labute approximate surface area is 123 Å². The zero-order chi connectivity index (χ0) is 16.2. The van der Waals surface area contributed by atoms with Crippen molar-refractivity contribution in [2.45, 2.75) is 6.18 Å². The lowest BCUT2D eigenvalue weighted by atomic mass is 10.2. The van der Waals surface area contributed by atoms with E-state index in [1.165, 1.54) is 24.3 Å². The fourth-order valence-electron chi connectivity index (χ4n) is 1.55. The summed E-state index contributed by atoms with van der Waals surface area (Å²) in [7, 11) is 0. The molecule has 0 heterocycles. The van der Waals surface area contributed by atoms with Gasteiger partial charge in [0.05, 0.1) is 5.56 Å². The smallest absolute Gasteiger partial charge is 0.423 e. The van der Waals surface area contributed by atoms with Crippen molar-refractivity contribution >= 4 is 17.6 Å². The van der Waals surface area contributed by atoms with Crippen molar-refractivity contribution in [1.29, 1.82) is 0 Å². The third-order valence-corrected chi connectivity index (χ3v) is 2.59. The summed E-state index contributed by atoms with van der Waals surface area (Å²) in [4.78, 5) is 22.5. The fraction of sp³-hybridized carbons (Fsp3) is 0.0667. The molecule has 1 amide bonds. The number of halogens is 3. The van der Waals surface area contributed by atoms with E-state index in [0.717, 1.165) is 0 Å². The van der Waals surface area contributed by atoms with Gasteiger partial charge in [0.25, 0.3) is 0 Å². The highest BCUT2D eigenvalue weighted by Gasteiger charge is 2.38. The molecule has 7 heteroatoms. The molecule has 0 saturated carbocycles. The quantitative estimate of drug-likeness (QED) is 0.698. The number of anilines is 1. The Morgan fingerprint density at radius 3 is 2.05 bits per heavy atom. The van der Waals surface area contributed by atoms with Crippen LogP contribution in [0.5, 0.6) is 5.75 Å². The third-order valence-electron chi connectivity index (χ3n) is 2.59. The molecule has 0 saturated heterocycles. The second-order valence-electron chi connectivity index (χ2n) is 4.23. The normalized spacial score (nSPS) is 10.9. The largest absolute Gasteiger partial charge is 0.471 e. The third kappa shape index (κ3) is 4.08. The Kier molecular flexibility index (Phi) is 4.45. The summed E-state index contributed by atoms with van der Waals surface area (Å²) in [5.74, 6) is -2.51. The van der Waals surface area contributed by atoms with Crippen molar-refractivity contribution < 1.29 is 27.5 Å². The van der Waals surface area contributed by atoms with Gasteiger partial charge in [-0.2, -0.15) is 13.2 Å². The van der Waals surface area contributed by atoms with Crippen LogP contribution in [0, 0.1) is 0 Å². The highest BCUT2D eigenvalue weighted by molar-refractivity contribution is 5.95. The van der Waals surface area contributed by atoms with Gasteiger partial charge in [-0.15, -0.1) is 0 Å². The number of carbonyl (C=O) groups is 2. The van der Waals surface area contributed by atoms with Crippen LogP contribution >= 0.6 is 0 Å². The SMILES string of the molecule is O=C(Oc1ccc(NC(=O)C(F)(F)F)cc1)c1ccccc1. The van der Waals surface area contributed by atoms with Gasteiger partial charge in [0.1, 0.15) is 5.75 Å². The van der Waals surface area contributed by atoms with Crippen molar-refractivity contribution in [2.24, 2.45) is 0 Å². The molecular formula is C15H10F3NO3. The standard InChI is InChI=1S/C15H10F3NO3/c16-15(17,18)14(21)19-11-6-8-12(9-7-11)22-13(20)10-4-2-1-3-5-10/h1-9H,(H,19,21). The molecule has 114 valence electrons. The average molecular weight is 309 g/mol. The number of benzene rings is 2. The van der Waals surface area contributed by atoms with E-state index in [-0.39, 0.29) is 11.4 Å². The maximum absolute atomic E-state index is 12.1. The van der Waals surface area contributed by atoms with Crippen LogP contribution in [0.4, 0.5) is 18.9 Å². The Morgan fingerprint density at radius 1 is 0.909 bits per heavy atom. The molecule has 2 rings (SSSR count). The van der Waals surface area contributed by atoms with Gasteiger partial charge in [-0.3, -0.25) is 4.79 Å². The second kappa shape index (κ2) is 6.30. The fourth-order valence-corrected chi connectivity index (χ4v) is 1.55. The lowest BCUT2D eigenvalue weighted by molar-refractivity contribution is -0.167. The maximum atomic E-state index is 12.1. The van der Waals surface area contributed by atoms with Crippen LogP contribution in [0.15, 0.2) is 54.6 Å². The molecule has 2 aromatic rings. The molecule has 0 bridgehead atoms. The predicted molar refractivity (Wildman–Crippen MR) is 72.5 cm³/mol. The minimum absolute atomic E-state index is 0.0539. The van der Waals surface area contributed by atoms with E-state index in [1.807, 2.05) is 0 Å². The lowest BCUT2D eigenvalue weighted by Gasteiger charge is -2.09. The van der Waals surface area contributed by atoms with Gasteiger partial charge in [0.15, 0.2) is 0 Å². The molecule has 0 fully saturated rings. The molecule has 0 aliphatic carbocycles. The maximum Gasteiger partial charge on any atom is 0.471 e. The molecule has 2 aromatic carbocycles. The van der Waals surface area contributed by atoms with Crippen molar-refractivity contribution in [3.05, 3.63) is 60.2 Å². The minimum atomic E-state index is -4.96. The summed E-state index contributed by atoms with van der Waals surface area (Å²) in [5.41, 5.74) is 0.291. The number of amides is 1. The molecule has 1 N–H and O–H groups in total. The van der Waals surface area contributed by atoms with Crippen LogP contribution in [0.1, 0.15) is 10.4 Å². The van der Waals surface area contributed by atoms with Crippen LogP contribution in [0.2, 0.25) is 0 Å². The molecule has 0 unspecified atom stereocenters. The van der Waals surface area contributed by atoms with Crippen LogP contribution in [-0.4, -0.2) is 18.1 Å². The number of hydrogen-bond acceptors (Lipinski definition) is 3. The lowest BCUT2D eigenvalue weighted by Crippen LogP contribution is -2.29. The number of hydrogen-bond donors (Lipinski definition) is 1. The van der Waals surface area contributed by atoms with Gasteiger partial charge in [-0.05, 0) is 36.4 Å². The van der Waals surface area contributed by atoms with Crippen molar-refractivity contribution in [3.63, 3.8) is 0 Å². The summed E-state index contributed by atoms with van der Waals surface area (Å²) in [5, 5.41) is 1.69. The molecule has 0 aliphatic heterocycles. The van der Waals surface area contributed by atoms with E-state index in [4.69, 9.17) is 4.74 Å². The highest BCUT2D eigenvalue weighted by atomic mass is 19.4. The van der Waals surface area contributed by atoms with Gasteiger partial charge in [0.2, 0.25) is 0 Å². The zero-order valence-corrected chi connectivity index (χ0v) is 11.1. The molecule has 0 aromatic heterocycles. The zero-order valence-electron chi connectivity index (χ0n) is 11.1. The van der Waals surface area contributed by atoms with Crippen LogP contribution in [0.3, 0.4) is 0 Å². The highest BCUT2D eigenvalue weighted by Crippen LogP contribution is 2.21. The summed E-state index contributed by atoms with van der Waals surface area (Å²) in [6, 6.07) is 13.2. The monoisotopic (exact) mass is 309 g/mol.